The van der Waals surface area contributed by atoms with Gasteiger partial charge in [-0.05, 0) is 19.4 Å². The third-order valence-corrected chi connectivity index (χ3v) is 4.90. The van der Waals surface area contributed by atoms with E-state index in [4.69, 9.17) is 4.74 Å². The molecule has 7 heteroatoms. The molecule has 1 aliphatic heterocycles. The lowest BCUT2D eigenvalue weighted by molar-refractivity contribution is -0.128. The molecule has 130 valence electrons. The molecule has 1 aromatic heterocycles. The predicted molar refractivity (Wildman–Crippen MR) is 99.3 cm³/mol. The van der Waals surface area contributed by atoms with E-state index < -0.39 is 6.10 Å². The Morgan fingerprint density at radius 3 is 2.79 bits per heavy atom. The molecule has 5 nitrogen and oxygen atoms in total. The van der Waals surface area contributed by atoms with Crippen LogP contribution < -0.4 is 10.6 Å². The molecule has 1 atom stereocenters. The van der Waals surface area contributed by atoms with Crippen molar-refractivity contribution in [1.29, 1.82) is 0 Å². The topological polar surface area (TPSA) is 63.2 Å². The smallest absolute Gasteiger partial charge is 0.256 e. The Balaban J connectivity index is 0.00000208. The first-order chi connectivity index (χ1) is 11.1. The normalized spacial score (nSPS) is 17.2. The number of rotatable bonds is 4. The summed E-state index contributed by atoms with van der Waals surface area (Å²) in [5.41, 5.74) is 3.47. The second-order valence-corrected chi connectivity index (χ2v) is 6.83. The van der Waals surface area contributed by atoms with Crippen molar-refractivity contribution in [1.82, 2.24) is 10.3 Å². The van der Waals surface area contributed by atoms with Crippen LogP contribution in [0.25, 0.3) is 0 Å². The first-order valence-electron chi connectivity index (χ1n) is 7.77. The van der Waals surface area contributed by atoms with Gasteiger partial charge in [0.05, 0.1) is 12.3 Å². The van der Waals surface area contributed by atoms with Gasteiger partial charge in [-0.3, -0.25) is 10.1 Å². The molecule has 0 saturated carbocycles. The summed E-state index contributed by atoms with van der Waals surface area (Å²) in [4.78, 5) is 17.8. The number of benzene rings is 1. The highest BCUT2D eigenvalue weighted by atomic mass is 35.5. The highest BCUT2D eigenvalue weighted by Crippen LogP contribution is 2.25. The lowest BCUT2D eigenvalue weighted by atomic mass is 10.1. The molecule has 1 amide bonds. The Labute approximate surface area is 152 Å². The number of ether oxygens (including phenoxy) is 1. The van der Waals surface area contributed by atoms with Crippen LogP contribution in [0.5, 0.6) is 0 Å². The number of hydrogen-bond donors (Lipinski definition) is 2. The lowest BCUT2D eigenvalue weighted by Gasteiger charge is -2.22. The highest BCUT2D eigenvalue weighted by molar-refractivity contribution is 7.15. The van der Waals surface area contributed by atoms with Gasteiger partial charge in [-0.1, -0.05) is 29.8 Å². The van der Waals surface area contributed by atoms with E-state index in [0.717, 1.165) is 18.7 Å². The van der Waals surface area contributed by atoms with Gasteiger partial charge in [-0.15, -0.1) is 23.7 Å². The number of amides is 1. The van der Waals surface area contributed by atoms with Gasteiger partial charge in [0.25, 0.3) is 5.91 Å². The van der Waals surface area contributed by atoms with Crippen LogP contribution in [-0.2, 0) is 16.0 Å². The second-order valence-electron chi connectivity index (χ2n) is 5.74. The number of hydrogen-bond acceptors (Lipinski definition) is 5. The minimum Gasteiger partial charge on any atom is -0.366 e. The monoisotopic (exact) mass is 367 g/mol. The van der Waals surface area contributed by atoms with Crippen molar-refractivity contribution >= 4 is 34.8 Å². The summed E-state index contributed by atoms with van der Waals surface area (Å²) in [6, 6.07) is 8.49. The first-order valence-corrected chi connectivity index (χ1v) is 8.58. The average Bonchev–Trinajstić information content (AvgIpc) is 2.90. The van der Waals surface area contributed by atoms with Crippen molar-refractivity contribution in [2.75, 3.05) is 25.0 Å². The zero-order valence-corrected chi connectivity index (χ0v) is 15.4. The van der Waals surface area contributed by atoms with E-state index in [0.29, 0.717) is 18.3 Å². The van der Waals surface area contributed by atoms with Gasteiger partial charge in [0.15, 0.2) is 5.13 Å². The zero-order chi connectivity index (χ0) is 16.2. The number of carbonyl (C=O) groups is 1. The van der Waals surface area contributed by atoms with Gasteiger partial charge in [0.2, 0.25) is 0 Å². The lowest BCUT2D eigenvalue weighted by Crippen LogP contribution is -2.45. The minimum atomic E-state index is -0.437. The summed E-state index contributed by atoms with van der Waals surface area (Å²) in [5.74, 6) is -0.132. The van der Waals surface area contributed by atoms with Gasteiger partial charge >= 0.3 is 0 Å². The van der Waals surface area contributed by atoms with Crippen LogP contribution >= 0.6 is 23.7 Å². The van der Waals surface area contributed by atoms with Crippen LogP contribution in [0.1, 0.15) is 21.7 Å². The molecule has 2 aromatic rings. The summed E-state index contributed by atoms with van der Waals surface area (Å²) < 4.78 is 5.46. The molecular formula is C17H22ClN3O2S. The Kier molecular flexibility index (Phi) is 6.74. The standard InChI is InChI=1S/C17H21N3O2S.ClH/c1-11-3-5-13(6-4-11)9-15-12(2)19-17(23-15)20-16(21)14-10-18-7-8-22-14;/h3-6,14,18H,7-10H2,1-2H3,(H,19,20,21);1H. The molecule has 2 heterocycles. The van der Waals surface area contributed by atoms with Crippen LogP contribution in [0.2, 0.25) is 0 Å². The van der Waals surface area contributed by atoms with Crippen LogP contribution in [0, 0.1) is 13.8 Å². The van der Waals surface area contributed by atoms with Crippen molar-refractivity contribution in [3.05, 3.63) is 46.0 Å². The van der Waals surface area contributed by atoms with Crippen LogP contribution in [0.4, 0.5) is 5.13 Å². The fraction of sp³-hybridized carbons (Fsp3) is 0.412. The fourth-order valence-electron chi connectivity index (χ4n) is 2.46. The molecule has 0 bridgehead atoms. The third-order valence-electron chi connectivity index (χ3n) is 3.83. The fourth-order valence-corrected chi connectivity index (χ4v) is 3.46. The molecular weight excluding hydrogens is 346 g/mol. The molecule has 0 radical (unpaired) electrons. The van der Waals surface area contributed by atoms with Gasteiger partial charge in [-0.2, -0.15) is 0 Å². The molecule has 1 fully saturated rings. The Morgan fingerprint density at radius 1 is 1.38 bits per heavy atom. The Bertz CT molecular complexity index is 682. The molecule has 0 aliphatic carbocycles. The molecule has 1 aliphatic rings. The molecule has 0 spiro atoms. The van der Waals surface area contributed by atoms with Gasteiger partial charge in [-0.25, -0.2) is 4.98 Å². The van der Waals surface area contributed by atoms with Crippen LogP contribution in [-0.4, -0.2) is 36.7 Å². The van der Waals surface area contributed by atoms with E-state index in [2.05, 4.69) is 46.8 Å². The maximum Gasteiger partial charge on any atom is 0.256 e. The summed E-state index contributed by atoms with van der Waals surface area (Å²) in [6.07, 6.45) is 0.398. The Hall–Kier alpha value is -1.47. The second kappa shape index (κ2) is 8.58. The van der Waals surface area contributed by atoms with Gasteiger partial charge in [0, 0.05) is 24.4 Å². The minimum absolute atomic E-state index is 0. The molecule has 1 unspecified atom stereocenters. The third kappa shape index (κ3) is 4.77. The summed E-state index contributed by atoms with van der Waals surface area (Å²) in [7, 11) is 0. The SMILES string of the molecule is Cc1ccc(Cc2sc(NC(=O)C3CNCCO3)nc2C)cc1.Cl. The van der Waals surface area contributed by atoms with Crippen molar-refractivity contribution in [2.24, 2.45) is 0 Å². The number of nitrogens with one attached hydrogen (secondary N) is 2. The molecule has 1 saturated heterocycles. The van der Waals surface area contributed by atoms with E-state index in [1.165, 1.54) is 27.3 Å². The Morgan fingerprint density at radius 2 is 2.12 bits per heavy atom. The van der Waals surface area contributed by atoms with E-state index in [-0.39, 0.29) is 18.3 Å². The largest absolute Gasteiger partial charge is 0.366 e. The molecule has 2 N–H and O–H groups in total. The van der Waals surface area contributed by atoms with E-state index in [1.807, 2.05) is 6.92 Å². The van der Waals surface area contributed by atoms with Gasteiger partial charge in [0.1, 0.15) is 6.10 Å². The van der Waals surface area contributed by atoms with E-state index >= 15 is 0 Å². The maximum atomic E-state index is 12.2. The summed E-state index contributed by atoms with van der Waals surface area (Å²) >= 11 is 1.53. The number of nitrogens with zero attached hydrogens (tertiary/aromatic N) is 1. The van der Waals surface area contributed by atoms with Crippen LogP contribution in [0.3, 0.4) is 0 Å². The summed E-state index contributed by atoms with van der Waals surface area (Å²) in [6.45, 7) is 5.97. The highest BCUT2D eigenvalue weighted by Gasteiger charge is 2.23. The predicted octanol–water partition coefficient (Wildman–Crippen LogP) is 2.70. The molecule has 24 heavy (non-hydrogen) atoms. The van der Waals surface area contributed by atoms with Crippen molar-refractivity contribution in [3.8, 4) is 0 Å². The number of aromatic nitrogens is 1. The van der Waals surface area contributed by atoms with Crippen LogP contribution in [0.15, 0.2) is 24.3 Å². The number of morpholine rings is 1. The van der Waals surface area contributed by atoms with E-state index in [9.17, 15) is 4.79 Å². The van der Waals surface area contributed by atoms with Gasteiger partial charge < -0.3 is 10.1 Å². The number of halogens is 1. The molecule has 3 rings (SSSR count). The maximum absolute atomic E-state index is 12.2. The zero-order valence-electron chi connectivity index (χ0n) is 13.8. The number of thiazole rings is 1. The van der Waals surface area contributed by atoms with Crippen molar-refractivity contribution < 1.29 is 9.53 Å². The quantitative estimate of drug-likeness (QED) is 0.872. The average molecular weight is 368 g/mol. The van der Waals surface area contributed by atoms with E-state index in [1.54, 1.807) is 0 Å². The number of carbonyl (C=O) groups excluding carboxylic acids is 1. The first kappa shape index (κ1) is 18.9. The van der Waals surface area contributed by atoms with Crippen molar-refractivity contribution in [2.45, 2.75) is 26.4 Å². The molecule has 1 aromatic carbocycles. The van der Waals surface area contributed by atoms with Crippen molar-refractivity contribution in [3.63, 3.8) is 0 Å². The summed E-state index contributed by atoms with van der Waals surface area (Å²) in [5, 5.41) is 6.67. The number of aryl methyl sites for hydroxylation is 2. The number of anilines is 1.